The number of aliphatic hydroxyl groups is 2. The first-order chi connectivity index (χ1) is 15.4. The maximum Gasteiger partial charge on any atom is 0.230 e. The highest BCUT2D eigenvalue weighted by Gasteiger charge is 2.69. The zero-order chi connectivity index (χ0) is 24.6. The Morgan fingerprint density at radius 3 is 2.42 bits per heavy atom. The van der Waals surface area contributed by atoms with Crippen LogP contribution in [0.2, 0.25) is 0 Å². The van der Waals surface area contributed by atoms with Gasteiger partial charge in [-0.15, -0.1) is 0 Å². The molecule has 0 aromatic heterocycles. The van der Waals surface area contributed by atoms with Gasteiger partial charge in [-0.1, -0.05) is 6.07 Å². The van der Waals surface area contributed by atoms with Gasteiger partial charge in [-0.05, 0) is 56.5 Å². The molecule has 3 aliphatic carbocycles. The fourth-order valence-corrected chi connectivity index (χ4v) is 6.30. The number of nitrogens with two attached hydrogens (primary N) is 2. The monoisotopic (exact) mass is 459 g/mol. The highest BCUT2D eigenvalue weighted by molar-refractivity contribution is 6.25. The second kappa shape index (κ2) is 7.69. The van der Waals surface area contributed by atoms with Crippen LogP contribution in [0.15, 0.2) is 6.07 Å². The van der Waals surface area contributed by atoms with Crippen LogP contribution in [0.25, 0.3) is 0 Å². The Balaban J connectivity index is 1.89. The topological polar surface area (TPSA) is 184 Å². The van der Waals surface area contributed by atoms with Gasteiger partial charge in [0, 0.05) is 18.5 Å². The zero-order valence-corrected chi connectivity index (χ0v) is 18.7. The predicted molar refractivity (Wildman–Crippen MR) is 115 cm³/mol. The summed E-state index contributed by atoms with van der Waals surface area (Å²) >= 11 is 0. The largest absolute Gasteiger partial charge is 0.507 e. The lowest BCUT2D eigenvalue weighted by molar-refractivity contribution is -0.190. The van der Waals surface area contributed by atoms with Gasteiger partial charge < -0.3 is 31.7 Å². The molecular formula is C23H29N3O7. The number of phenolic OH excluding ortho intramolecular Hbond substituents is 1. The number of phenols is 1. The average Bonchev–Trinajstić information content (AvgIpc) is 2.72. The highest BCUT2D eigenvalue weighted by Crippen LogP contribution is 2.51. The van der Waals surface area contributed by atoms with Crippen LogP contribution in [0.3, 0.4) is 0 Å². The minimum atomic E-state index is -2.65. The number of rotatable bonds is 3. The van der Waals surface area contributed by atoms with Crippen molar-refractivity contribution in [1.82, 2.24) is 4.90 Å². The number of primary amides is 1. The molecule has 7 atom stereocenters. The maximum atomic E-state index is 13.7. The smallest absolute Gasteiger partial charge is 0.230 e. The van der Waals surface area contributed by atoms with Crippen molar-refractivity contribution in [3.05, 3.63) is 28.3 Å². The van der Waals surface area contributed by atoms with Gasteiger partial charge in [0.25, 0.3) is 0 Å². The molecule has 0 bridgehead atoms. The van der Waals surface area contributed by atoms with Crippen molar-refractivity contribution in [1.29, 1.82) is 0 Å². The number of aliphatic hydroxyl groups excluding tert-OH is 1. The summed E-state index contributed by atoms with van der Waals surface area (Å²) < 4.78 is 0. The second-order valence-corrected chi connectivity index (χ2v) is 9.73. The fourth-order valence-electron chi connectivity index (χ4n) is 6.30. The summed E-state index contributed by atoms with van der Waals surface area (Å²) in [6.07, 6.45) is -1.19. The van der Waals surface area contributed by atoms with E-state index in [1.54, 1.807) is 32.0 Å². The van der Waals surface area contributed by atoms with Crippen molar-refractivity contribution in [2.45, 2.75) is 44.1 Å². The van der Waals surface area contributed by atoms with Crippen LogP contribution < -0.4 is 11.5 Å². The summed E-state index contributed by atoms with van der Waals surface area (Å²) in [7, 11) is 3.21. The van der Waals surface area contributed by atoms with Crippen LogP contribution >= 0.6 is 0 Å². The molecule has 3 aliphatic rings. The van der Waals surface area contributed by atoms with Crippen molar-refractivity contribution < 1.29 is 34.5 Å². The minimum absolute atomic E-state index is 0.00833. The zero-order valence-electron chi connectivity index (χ0n) is 18.7. The van der Waals surface area contributed by atoms with Gasteiger partial charge in [-0.2, -0.15) is 0 Å². The van der Waals surface area contributed by atoms with Gasteiger partial charge in [-0.3, -0.25) is 19.2 Å². The maximum absolute atomic E-state index is 13.7. The van der Waals surface area contributed by atoms with E-state index in [1.165, 1.54) is 0 Å². The molecule has 2 fully saturated rings. The van der Waals surface area contributed by atoms with Crippen LogP contribution in [-0.2, 0) is 27.3 Å². The van der Waals surface area contributed by atoms with Gasteiger partial charge in [0.1, 0.15) is 11.7 Å². The SMILES string of the molecule is Cc1cc(CN)c2c(c1O)C(=O)C1C(=O)[C@@]3(O)C(=O)C(C(N)=O)C(O)[C@H](N(C)C)[C@H]3C[C@H]1C2. The molecule has 10 nitrogen and oxygen atoms in total. The molecule has 0 radical (unpaired) electrons. The average molecular weight is 459 g/mol. The molecule has 1 aromatic rings. The first-order valence-corrected chi connectivity index (χ1v) is 10.9. The Labute approximate surface area is 190 Å². The number of aromatic hydroxyl groups is 1. The van der Waals surface area contributed by atoms with E-state index < -0.39 is 64.7 Å². The Kier molecular flexibility index (Phi) is 5.48. The van der Waals surface area contributed by atoms with Crippen molar-refractivity contribution in [3.8, 4) is 5.75 Å². The Bertz CT molecular complexity index is 1080. The lowest BCUT2D eigenvalue weighted by Crippen LogP contribution is -2.75. The molecule has 3 unspecified atom stereocenters. The summed E-state index contributed by atoms with van der Waals surface area (Å²) in [4.78, 5) is 54.0. The molecule has 7 N–H and O–H groups in total. The summed E-state index contributed by atoms with van der Waals surface area (Å²) in [5.41, 5.74) is 10.2. The minimum Gasteiger partial charge on any atom is -0.507 e. The fraction of sp³-hybridized carbons (Fsp3) is 0.565. The van der Waals surface area contributed by atoms with Crippen LogP contribution in [-0.4, -0.2) is 75.3 Å². The van der Waals surface area contributed by atoms with Gasteiger partial charge in [0.2, 0.25) is 5.91 Å². The summed E-state index contributed by atoms with van der Waals surface area (Å²) in [6.45, 7) is 1.75. The van der Waals surface area contributed by atoms with Crippen molar-refractivity contribution in [3.63, 3.8) is 0 Å². The number of aryl methyl sites for hydroxylation is 1. The highest BCUT2D eigenvalue weighted by atomic mass is 16.3. The van der Waals surface area contributed by atoms with E-state index in [-0.39, 0.29) is 30.7 Å². The molecule has 10 heteroatoms. The third-order valence-electron chi connectivity index (χ3n) is 7.79. The summed E-state index contributed by atoms with van der Waals surface area (Å²) in [6, 6.07) is 0.781. The number of carbonyl (C=O) groups excluding carboxylic acids is 4. The lowest BCUT2D eigenvalue weighted by Gasteiger charge is -2.54. The molecule has 33 heavy (non-hydrogen) atoms. The van der Waals surface area contributed by atoms with Gasteiger partial charge >= 0.3 is 0 Å². The first-order valence-electron chi connectivity index (χ1n) is 10.9. The van der Waals surface area contributed by atoms with Crippen molar-refractivity contribution >= 4 is 23.3 Å². The Morgan fingerprint density at radius 1 is 1.24 bits per heavy atom. The van der Waals surface area contributed by atoms with Crippen LogP contribution in [0, 0.1) is 30.6 Å². The summed E-state index contributed by atoms with van der Waals surface area (Å²) in [5.74, 6) is -9.03. The summed E-state index contributed by atoms with van der Waals surface area (Å²) in [5, 5.41) is 33.0. The Hall–Kier alpha value is -2.66. The number of fused-ring (bicyclic) bond motifs is 3. The molecule has 1 aromatic carbocycles. The molecule has 4 rings (SSSR count). The van der Waals surface area contributed by atoms with E-state index in [4.69, 9.17) is 11.5 Å². The first kappa shape index (κ1) is 23.5. The van der Waals surface area contributed by atoms with Crippen molar-refractivity contribution in [2.75, 3.05) is 14.1 Å². The number of nitrogens with zero attached hydrogens (tertiary/aromatic N) is 1. The standard InChI is InChI=1S/C23H29N3O7/c1-8-4-10(7-24)11-5-9-6-12-16(26(2)3)19(29)15(22(25)32)21(31)23(12,33)20(30)13(9)18(28)14(11)17(8)27/h4,9,12-13,15-16,19,27,29,33H,5-7,24H2,1-3H3,(H2,25,32)/t9-,12-,13?,15?,16-,19?,23-/m1/s1. The molecular weight excluding hydrogens is 430 g/mol. The van der Waals surface area contributed by atoms with E-state index in [1.807, 2.05) is 0 Å². The van der Waals surface area contributed by atoms with Crippen LogP contribution in [0.5, 0.6) is 5.75 Å². The van der Waals surface area contributed by atoms with Crippen LogP contribution in [0.1, 0.15) is 33.5 Å². The van der Waals surface area contributed by atoms with E-state index >= 15 is 0 Å². The molecule has 2 saturated carbocycles. The van der Waals surface area contributed by atoms with E-state index in [9.17, 15) is 34.5 Å². The van der Waals surface area contributed by atoms with Gasteiger partial charge in [0.15, 0.2) is 23.0 Å². The second-order valence-electron chi connectivity index (χ2n) is 9.73. The molecule has 0 spiro atoms. The number of benzene rings is 1. The number of Topliss-reactive ketones (excluding diaryl/α,β-unsaturated/α-hetero) is 3. The quantitative estimate of drug-likeness (QED) is 0.333. The number of carbonyl (C=O) groups is 4. The number of hydrogen-bond acceptors (Lipinski definition) is 9. The third-order valence-corrected chi connectivity index (χ3v) is 7.79. The van der Waals surface area contributed by atoms with E-state index in [2.05, 4.69) is 0 Å². The lowest BCUT2D eigenvalue weighted by atomic mass is 9.52. The number of ketones is 3. The predicted octanol–water partition coefficient (Wildman–Crippen LogP) is -1.57. The number of amides is 1. The molecule has 0 saturated heterocycles. The third kappa shape index (κ3) is 3.01. The number of hydrogen-bond donors (Lipinski definition) is 5. The van der Waals surface area contributed by atoms with E-state index in [0.29, 0.717) is 16.7 Å². The molecule has 178 valence electrons. The molecule has 0 heterocycles. The Morgan fingerprint density at radius 2 is 1.88 bits per heavy atom. The molecule has 1 amide bonds. The molecule has 0 aliphatic heterocycles. The van der Waals surface area contributed by atoms with Crippen molar-refractivity contribution in [2.24, 2.45) is 35.1 Å². The normalized spacial score (nSPS) is 35.8. The number of likely N-dealkylation sites (N-methyl/N-ethyl adjacent to an activating group) is 1. The van der Waals surface area contributed by atoms with E-state index in [0.717, 1.165) is 0 Å². The van der Waals surface area contributed by atoms with Crippen LogP contribution in [0.4, 0.5) is 0 Å². The van der Waals surface area contributed by atoms with Gasteiger partial charge in [-0.25, -0.2) is 0 Å². The van der Waals surface area contributed by atoms with Gasteiger partial charge in [0.05, 0.1) is 17.6 Å².